The lowest BCUT2D eigenvalue weighted by molar-refractivity contribution is -0.147. The molecule has 3 aromatic rings. The van der Waals surface area contributed by atoms with Crippen LogP contribution in [0.4, 0.5) is 14.6 Å². The Kier molecular flexibility index (Phi) is 7.95. The first-order valence-corrected chi connectivity index (χ1v) is 13.4. The molecule has 14 heteroatoms. The zero-order valence-electron chi connectivity index (χ0n) is 23.0. The van der Waals surface area contributed by atoms with Gasteiger partial charge in [0, 0.05) is 32.1 Å². The Morgan fingerprint density at radius 2 is 2.02 bits per heavy atom. The van der Waals surface area contributed by atoms with Gasteiger partial charge in [-0.3, -0.25) is 14.5 Å². The van der Waals surface area contributed by atoms with E-state index < -0.39 is 23.2 Å². The number of carbonyl (C=O) groups is 2. The Bertz CT molecular complexity index is 1430. The number of nitrogens with zero attached hydrogens (tertiary/aromatic N) is 7. The number of aliphatic hydroxyl groups is 1. The van der Waals surface area contributed by atoms with Crippen LogP contribution >= 0.6 is 0 Å². The fourth-order valence-electron chi connectivity index (χ4n) is 5.28. The summed E-state index contributed by atoms with van der Waals surface area (Å²) >= 11 is 0. The van der Waals surface area contributed by atoms with E-state index in [9.17, 15) is 23.5 Å². The number of halogens is 2. The minimum atomic E-state index is -0.873. The van der Waals surface area contributed by atoms with E-state index in [4.69, 9.17) is 4.74 Å². The number of nitrogens with one attached hydrogen (secondary N) is 1. The third-order valence-corrected chi connectivity index (χ3v) is 7.51. The van der Waals surface area contributed by atoms with Gasteiger partial charge in [-0.1, -0.05) is 0 Å². The van der Waals surface area contributed by atoms with Crippen LogP contribution in [-0.2, 0) is 29.2 Å². The Morgan fingerprint density at radius 1 is 1.22 bits per heavy atom. The van der Waals surface area contributed by atoms with Crippen molar-refractivity contribution in [3.05, 3.63) is 53.9 Å². The number of carbonyl (C=O) groups excluding carboxylic acids is 2. The Balaban J connectivity index is 1.16. The maximum Gasteiger partial charge on any atom is 0.242 e. The Morgan fingerprint density at radius 3 is 2.71 bits per heavy atom. The first-order valence-electron chi connectivity index (χ1n) is 13.4. The van der Waals surface area contributed by atoms with Crippen LogP contribution < -0.4 is 10.1 Å². The molecule has 1 fully saturated rings. The molecule has 0 spiro atoms. The fraction of sp³-hybridized carbons (Fsp3) is 0.481. The van der Waals surface area contributed by atoms with Crippen molar-refractivity contribution in [2.24, 2.45) is 5.92 Å². The summed E-state index contributed by atoms with van der Waals surface area (Å²) in [5.74, 6) is -0.940. The number of rotatable bonds is 7. The van der Waals surface area contributed by atoms with Crippen LogP contribution in [0, 0.1) is 17.6 Å². The lowest BCUT2D eigenvalue weighted by Gasteiger charge is -2.49. The second-order valence-corrected chi connectivity index (χ2v) is 10.9. The van der Waals surface area contributed by atoms with E-state index >= 15 is 0 Å². The van der Waals surface area contributed by atoms with Crippen molar-refractivity contribution < 1.29 is 28.2 Å². The predicted octanol–water partition coefficient (Wildman–Crippen LogP) is 2.14. The van der Waals surface area contributed by atoms with Gasteiger partial charge in [-0.05, 0) is 39.3 Å². The van der Waals surface area contributed by atoms with Crippen molar-refractivity contribution in [1.82, 2.24) is 34.5 Å². The molecule has 2 amide bonds. The van der Waals surface area contributed by atoms with Gasteiger partial charge in [-0.2, -0.15) is 5.10 Å². The Hall–Kier alpha value is -4.04. The molecule has 0 radical (unpaired) electrons. The molecule has 0 saturated carbocycles. The standard InChI is InChI=1S/C27H32F2N8O4/c1-16(25(39)33-21-11-31-24(12-30-21)41-20-6-5-18(28)10-19(20)29)35-8-9-36(27(2,3)15-35)26(40)17-4-7-23-32-22(14-38)34-37(23)13-17/h5-6,10-12,16-17,38H,4,7-9,13-15H2,1-3H3,(H,30,33,39)/t16-,17-/m0/s1. The molecule has 4 heterocycles. The summed E-state index contributed by atoms with van der Waals surface area (Å²) in [5, 5.41) is 16.3. The van der Waals surface area contributed by atoms with Crippen LogP contribution in [0.5, 0.6) is 11.6 Å². The smallest absolute Gasteiger partial charge is 0.242 e. The molecule has 2 aliphatic rings. The molecule has 1 aromatic carbocycles. The van der Waals surface area contributed by atoms with Crippen molar-refractivity contribution in [3.8, 4) is 11.6 Å². The highest BCUT2D eigenvalue weighted by molar-refractivity contribution is 5.93. The average molecular weight is 571 g/mol. The zero-order valence-corrected chi connectivity index (χ0v) is 23.0. The lowest BCUT2D eigenvalue weighted by atomic mass is 9.92. The van der Waals surface area contributed by atoms with Gasteiger partial charge in [0.05, 0.1) is 36.4 Å². The lowest BCUT2D eigenvalue weighted by Crippen LogP contribution is -2.64. The molecular weight excluding hydrogens is 538 g/mol. The number of aliphatic hydroxyl groups excluding tert-OH is 1. The predicted molar refractivity (Wildman–Crippen MR) is 142 cm³/mol. The van der Waals surface area contributed by atoms with E-state index in [2.05, 4.69) is 25.4 Å². The topological polar surface area (TPSA) is 139 Å². The molecule has 0 bridgehead atoms. The zero-order chi connectivity index (χ0) is 29.3. The van der Waals surface area contributed by atoms with Crippen LogP contribution in [-0.4, -0.2) is 82.7 Å². The second kappa shape index (κ2) is 11.4. The summed E-state index contributed by atoms with van der Waals surface area (Å²) < 4.78 is 33.9. The van der Waals surface area contributed by atoms with Crippen molar-refractivity contribution in [2.75, 3.05) is 25.0 Å². The molecule has 0 unspecified atom stereocenters. The van der Waals surface area contributed by atoms with Gasteiger partial charge >= 0.3 is 0 Å². The van der Waals surface area contributed by atoms with Crippen molar-refractivity contribution in [3.63, 3.8) is 0 Å². The van der Waals surface area contributed by atoms with Gasteiger partial charge in [0.25, 0.3) is 0 Å². The third kappa shape index (κ3) is 6.17. The summed E-state index contributed by atoms with van der Waals surface area (Å²) in [5.41, 5.74) is -0.517. The highest BCUT2D eigenvalue weighted by Gasteiger charge is 2.42. The number of aromatic nitrogens is 5. The molecule has 2 aliphatic heterocycles. The van der Waals surface area contributed by atoms with Crippen molar-refractivity contribution in [1.29, 1.82) is 0 Å². The maximum atomic E-state index is 13.8. The number of ether oxygens (including phenoxy) is 1. The fourth-order valence-corrected chi connectivity index (χ4v) is 5.28. The number of amides is 2. The first-order chi connectivity index (χ1) is 19.5. The number of hydrogen-bond acceptors (Lipinski definition) is 9. The number of anilines is 1. The van der Waals surface area contributed by atoms with Gasteiger partial charge in [-0.25, -0.2) is 28.4 Å². The summed E-state index contributed by atoms with van der Waals surface area (Å²) in [4.78, 5) is 42.9. The number of fused-ring (bicyclic) bond motifs is 1. The number of hydrogen-bond donors (Lipinski definition) is 2. The second-order valence-electron chi connectivity index (χ2n) is 10.9. The van der Waals surface area contributed by atoms with Gasteiger partial charge < -0.3 is 20.1 Å². The molecule has 41 heavy (non-hydrogen) atoms. The molecule has 218 valence electrons. The van der Waals surface area contributed by atoms with Crippen molar-refractivity contribution in [2.45, 2.75) is 58.3 Å². The highest BCUT2D eigenvalue weighted by atomic mass is 19.1. The average Bonchev–Trinajstić information content (AvgIpc) is 3.37. The maximum absolute atomic E-state index is 13.8. The summed E-state index contributed by atoms with van der Waals surface area (Å²) in [7, 11) is 0. The van der Waals surface area contributed by atoms with Crippen LogP contribution in [0.25, 0.3) is 0 Å². The van der Waals surface area contributed by atoms with E-state index in [0.29, 0.717) is 50.9 Å². The molecule has 0 aliphatic carbocycles. The normalized spacial score (nSPS) is 19.4. The van der Waals surface area contributed by atoms with Crippen LogP contribution in [0.15, 0.2) is 30.6 Å². The molecule has 12 nitrogen and oxygen atoms in total. The van der Waals surface area contributed by atoms with Gasteiger partial charge in [0.1, 0.15) is 18.2 Å². The van der Waals surface area contributed by atoms with Gasteiger partial charge in [0.2, 0.25) is 17.7 Å². The highest BCUT2D eigenvalue weighted by Crippen LogP contribution is 2.29. The summed E-state index contributed by atoms with van der Waals surface area (Å²) in [6.45, 7) is 7.44. The minimum absolute atomic E-state index is 0.0176. The van der Waals surface area contributed by atoms with Crippen LogP contribution in [0.2, 0.25) is 0 Å². The van der Waals surface area contributed by atoms with Crippen LogP contribution in [0.3, 0.4) is 0 Å². The largest absolute Gasteiger partial charge is 0.434 e. The van der Waals surface area contributed by atoms with E-state index in [1.807, 2.05) is 23.6 Å². The van der Waals surface area contributed by atoms with Gasteiger partial charge in [-0.15, -0.1) is 0 Å². The molecule has 2 N–H and O–H groups in total. The first kappa shape index (κ1) is 28.5. The molecule has 2 aromatic heterocycles. The van der Waals surface area contributed by atoms with E-state index in [-0.39, 0.29) is 41.8 Å². The minimum Gasteiger partial charge on any atom is -0.434 e. The Labute approximate surface area is 235 Å². The van der Waals surface area contributed by atoms with Crippen molar-refractivity contribution >= 4 is 17.6 Å². The summed E-state index contributed by atoms with van der Waals surface area (Å²) in [6, 6.07) is 2.40. The van der Waals surface area contributed by atoms with Gasteiger partial charge in [0.15, 0.2) is 23.2 Å². The molecule has 1 saturated heterocycles. The van der Waals surface area contributed by atoms with E-state index in [1.54, 1.807) is 11.6 Å². The van der Waals surface area contributed by atoms with E-state index in [0.717, 1.165) is 18.0 Å². The SMILES string of the molecule is C[C@@H](C(=O)Nc1cnc(Oc2ccc(F)cc2F)cn1)N1CCN(C(=O)[C@H]2CCc3nc(CO)nn3C2)C(C)(C)C1. The number of benzene rings is 1. The quantitative estimate of drug-likeness (QED) is 0.438. The number of piperazine rings is 1. The summed E-state index contributed by atoms with van der Waals surface area (Å²) in [6.07, 6.45) is 3.81. The number of aryl methyl sites for hydroxylation is 1. The van der Waals surface area contributed by atoms with E-state index in [1.165, 1.54) is 12.4 Å². The molecular formula is C27H32F2N8O4. The molecule has 2 atom stereocenters. The van der Waals surface area contributed by atoms with Crippen LogP contribution in [0.1, 0.15) is 38.8 Å². The molecule has 5 rings (SSSR count). The monoisotopic (exact) mass is 570 g/mol. The third-order valence-electron chi connectivity index (χ3n) is 7.51.